The Bertz CT molecular complexity index is 811. The molecule has 3 heterocycles. The van der Waals surface area contributed by atoms with E-state index in [1.54, 1.807) is 12.3 Å². The van der Waals surface area contributed by atoms with Gasteiger partial charge in [-0.05, 0) is 12.1 Å². The summed E-state index contributed by atoms with van der Waals surface area (Å²) in [6.07, 6.45) is 1.62. The Balaban J connectivity index is 1.52. The molecule has 2 aromatic heterocycles. The zero-order valence-corrected chi connectivity index (χ0v) is 15.6. The first-order chi connectivity index (χ1) is 12.3. The van der Waals surface area contributed by atoms with Gasteiger partial charge in [0.2, 0.25) is 0 Å². The second-order valence-electron chi connectivity index (χ2n) is 7.64. The number of piperazine rings is 1. The zero-order valence-electron chi connectivity index (χ0n) is 15.6. The fourth-order valence-electron chi connectivity index (χ4n) is 2.94. The lowest BCUT2D eigenvalue weighted by Crippen LogP contribution is -2.49. The molecule has 1 aliphatic heterocycles. The molecule has 1 saturated heterocycles. The van der Waals surface area contributed by atoms with E-state index in [0.29, 0.717) is 25.3 Å². The van der Waals surface area contributed by atoms with E-state index in [2.05, 4.69) is 41.0 Å². The van der Waals surface area contributed by atoms with Gasteiger partial charge >= 0.3 is 0 Å². The molecule has 2 aromatic rings. The summed E-state index contributed by atoms with van der Waals surface area (Å²) in [5.41, 5.74) is 1.28. The van der Waals surface area contributed by atoms with E-state index in [1.165, 1.54) is 10.7 Å². The van der Waals surface area contributed by atoms with Crippen molar-refractivity contribution in [2.45, 2.75) is 32.7 Å². The molecule has 0 unspecified atom stereocenters. The fraction of sp³-hybridized carbons (Fsp3) is 0.556. The van der Waals surface area contributed by atoms with Gasteiger partial charge in [-0.2, -0.15) is 10.2 Å². The predicted octanol–water partition coefficient (Wildman–Crippen LogP) is 0.722. The number of nitrogens with zero attached hydrogens (tertiary/aromatic N) is 5. The van der Waals surface area contributed by atoms with Crippen LogP contribution in [0, 0.1) is 0 Å². The van der Waals surface area contributed by atoms with Crippen LogP contribution in [0.4, 0.5) is 0 Å². The van der Waals surface area contributed by atoms with Crippen molar-refractivity contribution in [1.29, 1.82) is 0 Å². The summed E-state index contributed by atoms with van der Waals surface area (Å²) in [5.74, 6) is -0.0302. The number of aromatic nitrogens is 4. The molecule has 26 heavy (non-hydrogen) atoms. The summed E-state index contributed by atoms with van der Waals surface area (Å²) in [4.78, 5) is 28.4. The van der Waals surface area contributed by atoms with Crippen molar-refractivity contribution >= 4 is 5.91 Å². The fourth-order valence-corrected chi connectivity index (χ4v) is 2.94. The van der Waals surface area contributed by atoms with Gasteiger partial charge in [0.15, 0.2) is 0 Å². The Kier molecular flexibility index (Phi) is 5.22. The molecule has 8 nitrogen and oxygen atoms in total. The maximum absolute atomic E-state index is 12.6. The first-order valence-corrected chi connectivity index (χ1v) is 8.94. The van der Waals surface area contributed by atoms with Gasteiger partial charge in [-0.3, -0.25) is 19.6 Å². The van der Waals surface area contributed by atoms with Crippen molar-refractivity contribution in [2.24, 2.45) is 0 Å². The van der Waals surface area contributed by atoms with Crippen LogP contribution >= 0.6 is 0 Å². The van der Waals surface area contributed by atoms with Crippen molar-refractivity contribution in [3.05, 3.63) is 46.1 Å². The van der Waals surface area contributed by atoms with Crippen LogP contribution in [-0.2, 0) is 12.0 Å². The minimum absolute atomic E-state index is 0.0302. The number of hydrogen-bond donors (Lipinski definition) is 1. The smallest absolute Gasteiger partial charge is 0.274 e. The summed E-state index contributed by atoms with van der Waals surface area (Å²) >= 11 is 0. The van der Waals surface area contributed by atoms with Gasteiger partial charge in [-0.25, -0.2) is 4.68 Å². The number of H-pyrrole nitrogens is 1. The summed E-state index contributed by atoms with van der Waals surface area (Å²) in [5, 5.41) is 11.2. The van der Waals surface area contributed by atoms with Crippen molar-refractivity contribution in [3.8, 4) is 0 Å². The lowest BCUT2D eigenvalue weighted by molar-refractivity contribution is 0.0625. The van der Waals surface area contributed by atoms with Gasteiger partial charge in [0, 0.05) is 56.1 Å². The van der Waals surface area contributed by atoms with Crippen LogP contribution in [0.2, 0.25) is 0 Å². The molecule has 1 amide bonds. The van der Waals surface area contributed by atoms with E-state index in [9.17, 15) is 9.59 Å². The van der Waals surface area contributed by atoms with E-state index < -0.39 is 0 Å². The highest BCUT2D eigenvalue weighted by molar-refractivity contribution is 5.92. The molecule has 3 rings (SSSR count). The second-order valence-corrected chi connectivity index (χ2v) is 7.64. The normalized spacial score (nSPS) is 16.0. The van der Waals surface area contributed by atoms with Crippen LogP contribution in [0.3, 0.4) is 0 Å². The van der Waals surface area contributed by atoms with Gasteiger partial charge in [0.25, 0.3) is 11.5 Å². The van der Waals surface area contributed by atoms with Crippen LogP contribution in [0.15, 0.2) is 29.2 Å². The third-order valence-corrected chi connectivity index (χ3v) is 4.68. The third kappa shape index (κ3) is 4.19. The molecule has 0 aromatic carbocycles. The number of rotatable bonds is 4. The summed E-state index contributed by atoms with van der Waals surface area (Å²) in [7, 11) is 0. The molecule has 0 atom stereocenters. The highest BCUT2D eigenvalue weighted by Gasteiger charge is 2.25. The quantitative estimate of drug-likeness (QED) is 0.870. The number of carbonyl (C=O) groups is 1. The van der Waals surface area contributed by atoms with Crippen molar-refractivity contribution in [3.63, 3.8) is 0 Å². The van der Waals surface area contributed by atoms with Crippen molar-refractivity contribution in [1.82, 2.24) is 29.8 Å². The Labute approximate surface area is 152 Å². The van der Waals surface area contributed by atoms with Crippen LogP contribution in [0.1, 0.15) is 37.0 Å². The average Bonchev–Trinajstić information content (AvgIpc) is 3.11. The largest absolute Gasteiger partial charge is 0.335 e. The number of hydrogen-bond acceptors (Lipinski definition) is 5. The van der Waals surface area contributed by atoms with E-state index in [4.69, 9.17) is 0 Å². The van der Waals surface area contributed by atoms with Crippen LogP contribution < -0.4 is 5.56 Å². The maximum Gasteiger partial charge on any atom is 0.274 e. The lowest BCUT2D eigenvalue weighted by atomic mass is 9.92. The van der Waals surface area contributed by atoms with Gasteiger partial charge < -0.3 is 4.90 Å². The summed E-state index contributed by atoms with van der Waals surface area (Å²) in [6.45, 7) is 10.4. The summed E-state index contributed by atoms with van der Waals surface area (Å²) in [6, 6.07) is 5.00. The highest BCUT2D eigenvalue weighted by atomic mass is 16.2. The SMILES string of the molecule is CC(C)(C)c1cc(C(=O)N2CCN(CCn3ncccc3=O)CC2)n[nH]1. The number of amides is 1. The van der Waals surface area contributed by atoms with Gasteiger partial charge in [0.05, 0.1) is 6.54 Å². The number of aromatic amines is 1. The molecule has 8 heteroatoms. The maximum atomic E-state index is 12.6. The molecule has 140 valence electrons. The van der Waals surface area contributed by atoms with E-state index in [1.807, 2.05) is 11.0 Å². The predicted molar refractivity (Wildman–Crippen MR) is 98.1 cm³/mol. The molecule has 1 N–H and O–H groups in total. The van der Waals surface area contributed by atoms with Gasteiger partial charge in [0.1, 0.15) is 5.69 Å². The third-order valence-electron chi connectivity index (χ3n) is 4.68. The first-order valence-electron chi connectivity index (χ1n) is 8.94. The molecule has 0 bridgehead atoms. The van der Waals surface area contributed by atoms with Crippen molar-refractivity contribution in [2.75, 3.05) is 32.7 Å². The van der Waals surface area contributed by atoms with Crippen LogP contribution in [0.5, 0.6) is 0 Å². The summed E-state index contributed by atoms with van der Waals surface area (Å²) < 4.78 is 1.47. The monoisotopic (exact) mass is 358 g/mol. The Morgan fingerprint density at radius 3 is 2.54 bits per heavy atom. The van der Waals surface area contributed by atoms with E-state index in [-0.39, 0.29) is 16.9 Å². The van der Waals surface area contributed by atoms with Crippen molar-refractivity contribution < 1.29 is 4.79 Å². The van der Waals surface area contributed by atoms with Gasteiger partial charge in [-0.1, -0.05) is 20.8 Å². The second kappa shape index (κ2) is 7.41. The molecule has 0 aliphatic carbocycles. The van der Waals surface area contributed by atoms with E-state index in [0.717, 1.165) is 25.3 Å². The number of carbonyl (C=O) groups excluding carboxylic acids is 1. The molecular weight excluding hydrogens is 332 g/mol. The number of nitrogens with one attached hydrogen (secondary N) is 1. The minimum atomic E-state index is -0.0884. The first kappa shape index (κ1) is 18.3. The standard InChI is InChI=1S/C18H26N6O2/c1-18(2,3)15-13-14(20-21-15)17(26)23-10-7-22(8-11-23)9-12-24-16(25)5-4-6-19-24/h4-6,13H,7-12H2,1-3H3,(H,20,21). The van der Waals surface area contributed by atoms with E-state index >= 15 is 0 Å². The topological polar surface area (TPSA) is 87.1 Å². The average molecular weight is 358 g/mol. The minimum Gasteiger partial charge on any atom is -0.335 e. The van der Waals surface area contributed by atoms with Gasteiger partial charge in [-0.15, -0.1) is 0 Å². The van der Waals surface area contributed by atoms with Crippen LogP contribution in [-0.4, -0.2) is 68.4 Å². The molecule has 0 radical (unpaired) electrons. The lowest BCUT2D eigenvalue weighted by Gasteiger charge is -2.34. The molecule has 0 spiro atoms. The Hall–Kier alpha value is -2.48. The Morgan fingerprint density at radius 1 is 1.19 bits per heavy atom. The zero-order chi connectivity index (χ0) is 18.7. The molecular formula is C18H26N6O2. The van der Waals surface area contributed by atoms with Crippen LogP contribution in [0.25, 0.3) is 0 Å². The molecule has 1 fully saturated rings. The Morgan fingerprint density at radius 2 is 1.92 bits per heavy atom. The molecule has 1 aliphatic rings. The molecule has 0 saturated carbocycles. The highest BCUT2D eigenvalue weighted by Crippen LogP contribution is 2.21.